The minimum absolute atomic E-state index is 0.693. The first-order chi connectivity index (χ1) is 9.72. The predicted octanol–water partition coefficient (Wildman–Crippen LogP) is 3.21. The van der Waals surface area contributed by atoms with Crippen LogP contribution in [0.1, 0.15) is 25.8 Å². The van der Waals surface area contributed by atoms with Gasteiger partial charge in [0.2, 0.25) is 0 Å². The van der Waals surface area contributed by atoms with Crippen molar-refractivity contribution in [1.82, 2.24) is 4.57 Å². The Bertz CT molecular complexity index is 531. The number of rotatable bonds is 8. The highest BCUT2D eigenvalue weighted by molar-refractivity contribution is 5.84. The van der Waals surface area contributed by atoms with E-state index in [0.29, 0.717) is 12.5 Å². The number of hydrogen-bond acceptors (Lipinski definition) is 2. The smallest absolute Gasteiger partial charge is 0.0645 e. The van der Waals surface area contributed by atoms with E-state index in [-0.39, 0.29) is 0 Å². The van der Waals surface area contributed by atoms with Crippen molar-refractivity contribution in [1.29, 1.82) is 0 Å². The van der Waals surface area contributed by atoms with Crippen molar-refractivity contribution in [2.24, 2.45) is 11.7 Å². The van der Waals surface area contributed by atoms with Crippen molar-refractivity contribution < 1.29 is 4.74 Å². The van der Waals surface area contributed by atoms with Crippen molar-refractivity contribution in [3.05, 3.63) is 36.0 Å². The minimum atomic E-state index is 0.693. The topological polar surface area (TPSA) is 40.2 Å². The van der Waals surface area contributed by atoms with Gasteiger partial charge in [-0.1, -0.05) is 32.0 Å². The van der Waals surface area contributed by atoms with Gasteiger partial charge in [-0.15, -0.1) is 0 Å². The summed E-state index contributed by atoms with van der Waals surface area (Å²) in [6.45, 7) is 7.67. The molecule has 0 spiro atoms. The zero-order valence-electron chi connectivity index (χ0n) is 12.6. The SMILES string of the molecule is CC(C)CCOCCn1cc(CCN)c2ccccc21. The molecule has 110 valence electrons. The van der Waals surface area contributed by atoms with Crippen LogP contribution >= 0.6 is 0 Å². The fourth-order valence-electron chi connectivity index (χ4n) is 2.45. The minimum Gasteiger partial charge on any atom is -0.380 e. The molecule has 0 fully saturated rings. The van der Waals surface area contributed by atoms with Crippen molar-refractivity contribution in [2.75, 3.05) is 19.8 Å². The van der Waals surface area contributed by atoms with Crippen molar-refractivity contribution >= 4 is 10.9 Å². The van der Waals surface area contributed by atoms with Crippen LogP contribution in [0.25, 0.3) is 10.9 Å². The second kappa shape index (κ2) is 7.46. The molecule has 2 aromatic rings. The second-order valence-electron chi connectivity index (χ2n) is 5.70. The van der Waals surface area contributed by atoms with E-state index in [1.165, 1.54) is 16.5 Å². The number of hydrogen-bond donors (Lipinski definition) is 1. The third-order valence-corrected chi connectivity index (χ3v) is 3.60. The lowest BCUT2D eigenvalue weighted by molar-refractivity contribution is 0.117. The fourth-order valence-corrected chi connectivity index (χ4v) is 2.45. The third-order valence-electron chi connectivity index (χ3n) is 3.60. The number of fused-ring (bicyclic) bond motifs is 1. The van der Waals surface area contributed by atoms with Crippen LogP contribution in [0.4, 0.5) is 0 Å². The Balaban J connectivity index is 1.99. The normalized spacial score (nSPS) is 11.6. The lowest BCUT2D eigenvalue weighted by Gasteiger charge is -2.08. The monoisotopic (exact) mass is 274 g/mol. The molecule has 0 aliphatic carbocycles. The van der Waals surface area contributed by atoms with Gasteiger partial charge in [0.05, 0.1) is 6.61 Å². The highest BCUT2D eigenvalue weighted by Crippen LogP contribution is 2.21. The maximum absolute atomic E-state index is 5.72. The fraction of sp³-hybridized carbons (Fsp3) is 0.529. The molecule has 0 aliphatic heterocycles. The van der Waals surface area contributed by atoms with E-state index in [1.54, 1.807) is 0 Å². The Morgan fingerprint density at radius 1 is 1.20 bits per heavy atom. The Hall–Kier alpha value is -1.32. The summed E-state index contributed by atoms with van der Waals surface area (Å²) in [5.74, 6) is 0.707. The number of nitrogens with two attached hydrogens (primary N) is 1. The first-order valence-electron chi connectivity index (χ1n) is 7.57. The molecule has 3 heteroatoms. The summed E-state index contributed by atoms with van der Waals surface area (Å²) in [7, 11) is 0. The maximum atomic E-state index is 5.72. The van der Waals surface area contributed by atoms with Crippen LogP contribution in [0, 0.1) is 5.92 Å². The molecule has 0 amide bonds. The van der Waals surface area contributed by atoms with E-state index in [9.17, 15) is 0 Å². The molecule has 20 heavy (non-hydrogen) atoms. The molecule has 1 aromatic heterocycles. The Labute approximate surface area is 121 Å². The summed E-state index contributed by atoms with van der Waals surface area (Å²) >= 11 is 0. The highest BCUT2D eigenvalue weighted by atomic mass is 16.5. The molecule has 0 saturated heterocycles. The van der Waals surface area contributed by atoms with Gasteiger partial charge >= 0.3 is 0 Å². The highest BCUT2D eigenvalue weighted by Gasteiger charge is 2.07. The standard InChI is InChI=1S/C17H26N2O/c1-14(2)8-11-20-12-10-19-13-15(7-9-18)16-5-3-4-6-17(16)19/h3-6,13-14H,7-12,18H2,1-2H3. The predicted molar refractivity (Wildman–Crippen MR) is 85.0 cm³/mol. The molecule has 2 N–H and O–H groups in total. The van der Waals surface area contributed by atoms with Gasteiger partial charge in [-0.2, -0.15) is 0 Å². The van der Waals surface area contributed by atoms with Gasteiger partial charge in [-0.25, -0.2) is 0 Å². The molecular weight excluding hydrogens is 248 g/mol. The number of aromatic nitrogens is 1. The second-order valence-corrected chi connectivity index (χ2v) is 5.70. The molecule has 0 bridgehead atoms. The van der Waals surface area contributed by atoms with Crippen molar-refractivity contribution in [3.63, 3.8) is 0 Å². The van der Waals surface area contributed by atoms with Crippen LogP contribution in [0.5, 0.6) is 0 Å². The van der Waals surface area contributed by atoms with E-state index < -0.39 is 0 Å². The summed E-state index contributed by atoms with van der Waals surface area (Å²) in [4.78, 5) is 0. The summed E-state index contributed by atoms with van der Waals surface area (Å²) in [5.41, 5.74) is 8.31. The van der Waals surface area contributed by atoms with Gasteiger partial charge in [0.1, 0.15) is 0 Å². The van der Waals surface area contributed by atoms with Gasteiger partial charge in [-0.05, 0) is 36.9 Å². The molecule has 0 aliphatic rings. The zero-order valence-corrected chi connectivity index (χ0v) is 12.6. The average Bonchev–Trinajstić information content (AvgIpc) is 2.77. The number of ether oxygens (including phenoxy) is 1. The molecule has 0 unspecified atom stereocenters. The first-order valence-corrected chi connectivity index (χ1v) is 7.57. The lowest BCUT2D eigenvalue weighted by atomic mass is 10.1. The van der Waals surface area contributed by atoms with Crippen LogP contribution in [-0.4, -0.2) is 24.3 Å². The van der Waals surface area contributed by atoms with Crippen LogP contribution in [-0.2, 0) is 17.7 Å². The van der Waals surface area contributed by atoms with Crippen LogP contribution < -0.4 is 5.73 Å². The van der Waals surface area contributed by atoms with Gasteiger partial charge in [0.15, 0.2) is 0 Å². The molecule has 0 atom stereocenters. The molecule has 1 aromatic carbocycles. The van der Waals surface area contributed by atoms with Crippen molar-refractivity contribution in [3.8, 4) is 0 Å². The average molecular weight is 274 g/mol. The van der Waals surface area contributed by atoms with E-state index in [1.807, 2.05) is 0 Å². The van der Waals surface area contributed by atoms with Gasteiger partial charge in [-0.3, -0.25) is 0 Å². The van der Waals surface area contributed by atoms with Crippen LogP contribution in [0.15, 0.2) is 30.5 Å². The lowest BCUT2D eigenvalue weighted by Crippen LogP contribution is -2.07. The largest absolute Gasteiger partial charge is 0.380 e. The summed E-state index contributed by atoms with van der Waals surface area (Å²) in [6.07, 6.45) is 4.29. The zero-order chi connectivity index (χ0) is 14.4. The third kappa shape index (κ3) is 3.84. The number of nitrogens with zero attached hydrogens (tertiary/aromatic N) is 1. The Morgan fingerprint density at radius 3 is 2.75 bits per heavy atom. The summed E-state index contributed by atoms with van der Waals surface area (Å²) in [6, 6.07) is 8.52. The van der Waals surface area contributed by atoms with Crippen molar-refractivity contribution in [2.45, 2.75) is 33.2 Å². The van der Waals surface area contributed by atoms with Crippen LogP contribution in [0.3, 0.4) is 0 Å². The number of benzene rings is 1. The van der Waals surface area contributed by atoms with E-state index >= 15 is 0 Å². The van der Waals surface area contributed by atoms with E-state index in [4.69, 9.17) is 10.5 Å². The van der Waals surface area contributed by atoms with Gasteiger partial charge in [0.25, 0.3) is 0 Å². The van der Waals surface area contributed by atoms with Gasteiger partial charge in [0, 0.05) is 30.3 Å². The van der Waals surface area contributed by atoms with E-state index in [2.05, 4.69) is 48.9 Å². The number of para-hydroxylation sites is 1. The molecule has 3 nitrogen and oxygen atoms in total. The maximum Gasteiger partial charge on any atom is 0.0645 e. The summed E-state index contributed by atoms with van der Waals surface area (Å²) in [5, 5.41) is 1.32. The first kappa shape index (κ1) is 15.1. The molecule has 0 radical (unpaired) electrons. The Morgan fingerprint density at radius 2 is 2.00 bits per heavy atom. The molecule has 2 rings (SSSR count). The molecular formula is C17H26N2O. The molecule has 0 saturated carbocycles. The van der Waals surface area contributed by atoms with Crippen LogP contribution in [0.2, 0.25) is 0 Å². The Kier molecular flexibility index (Phi) is 5.62. The van der Waals surface area contributed by atoms with Gasteiger partial charge < -0.3 is 15.0 Å². The van der Waals surface area contributed by atoms with E-state index in [0.717, 1.165) is 32.6 Å². The summed E-state index contributed by atoms with van der Waals surface area (Å²) < 4.78 is 8.01. The quantitative estimate of drug-likeness (QED) is 0.751. The molecule has 1 heterocycles.